The summed E-state index contributed by atoms with van der Waals surface area (Å²) in [5, 5.41) is 0.553. The van der Waals surface area contributed by atoms with Crippen LogP contribution in [0.15, 0.2) is 86.1 Å². The minimum absolute atomic E-state index is 0.233. The van der Waals surface area contributed by atoms with Crippen molar-refractivity contribution in [3.05, 3.63) is 114 Å². The van der Waals surface area contributed by atoms with Crippen LogP contribution < -0.4 is 14.9 Å². The maximum absolute atomic E-state index is 13.7. The maximum atomic E-state index is 13.7. The highest BCUT2D eigenvalue weighted by Crippen LogP contribution is 2.31. The van der Waals surface area contributed by atoms with Crippen LogP contribution in [0.3, 0.4) is 0 Å². The van der Waals surface area contributed by atoms with Crippen LogP contribution in [0, 0.1) is 0 Å². The average Bonchev–Trinajstić information content (AvgIpc) is 3.51. The van der Waals surface area contributed by atoms with Crippen LogP contribution in [0.1, 0.15) is 34.6 Å². The molecular formula is C28H21ClN2O6S. The van der Waals surface area contributed by atoms with E-state index in [4.69, 9.17) is 25.5 Å². The molecule has 38 heavy (non-hydrogen) atoms. The molecule has 0 unspecified atom stereocenters. The molecule has 0 amide bonds. The molecule has 0 aliphatic carbocycles. The molecule has 4 aromatic rings. The van der Waals surface area contributed by atoms with Gasteiger partial charge in [0, 0.05) is 11.6 Å². The van der Waals surface area contributed by atoms with Crippen LogP contribution in [0.5, 0.6) is 0 Å². The van der Waals surface area contributed by atoms with Crippen molar-refractivity contribution in [3.8, 4) is 11.3 Å². The Morgan fingerprint density at radius 3 is 2.42 bits per heavy atom. The van der Waals surface area contributed by atoms with E-state index in [0.29, 0.717) is 42.7 Å². The normalized spacial score (nSPS) is 15.2. The van der Waals surface area contributed by atoms with Gasteiger partial charge in [0.25, 0.3) is 5.56 Å². The van der Waals surface area contributed by atoms with Crippen molar-refractivity contribution in [1.82, 2.24) is 4.57 Å². The van der Waals surface area contributed by atoms with E-state index in [2.05, 4.69) is 4.99 Å². The van der Waals surface area contributed by atoms with Crippen LogP contribution in [0.4, 0.5) is 0 Å². The van der Waals surface area contributed by atoms with E-state index < -0.39 is 18.0 Å². The summed E-state index contributed by atoms with van der Waals surface area (Å²) >= 11 is 7.48. The molecular weight excluding hydrogens is 528 g/mol. The number of nitrogens with zero attached hydrogens (tertiary/aromatic N) is 2. The number of halogens is 1. The molecule has 0 spiro atoms. The van der Waals surface area contributed by atoms with Gasteiger partial charge in [-0.25, -0.2) is 14.6 Å². The third-order valence-corrected chi connectivity index (χ3v) is 7.43. The van der Waals surface area contributed by atoms with Gasteiger partial charge in [-0.15, -0.1) is 0 Å². The first-order valence-electron chi connectivity index (χ1n) is 11.5. The molecule has 8 nitrogen and oxygen atoms in total. The zero-order valence-electron chi connectivity index (χ0n) is 20.6. The maximum Gasteiger partial charge on any atom is 0.338 e. The van der Waals surface area contributed by atoms with Gasteiger partial charge in [-0.05, 0) is 48.9 Å². The first kappa shape index (κ1) is 25.4. The number of allylic oxidation sites excluding steroid dienone is 1. The topological polar surface area (TPSA) is 100 Å². The molecule has 1 aliphatic rings. The Kier molecular flexibility index (Phi) is 6.88. The Labute approximate surface area is 225 Å². The highest BCUT2D eigenvalue weighted by molar-refractivity contribution is 7.07. The third-order valence-electron chi connectivity index (χ3n) is 6.11. The number of aromatic nitrogens is 1. The SMILES string of the molecule is COC(=O)C1=C(C)N=c2s/c(=C\c3ccc(-c4ccccc4Cl)o3)c(=O)n2[C@H]1c1ccc(C(=O)OC)cc1. The van der Waals surface area contributed by atoms with Crippen LogP contribution in [0.25, 0.3) is 17.4 Å². The second-order valence-electron chi connectivity index (χ2n) is 8.37. The Balaban J connectivity index is 1.63. The molecule has 2 aromatic heterocycles. The summed E-state index contributed by atoms with van der Waals surface area (Å²) in [7, 11) is 2.57. The Morgan fingerprint density at radius 2 is 1.74 bits per heavy atom. The number of fused-ring (bicyclic) bond motifs is 1. The first-order valence-corrected chi connectivity index (χ1v) is 12.7. The number of carbonyl (C=O) groups is 2. The van der Waals surface area contributed by atoms with E-state index in [1.54, 1.807) is 55.5 Å². The number of esters is 2. The average molecular weight is 549 g/mol. The van der Waals surface area contributed by atoms with E-state index in [-0.39, 0.29) is 11.1 Å². The van der Waals surface area contributed by atoms with E-state index in [1.807, 2.05) is 18.2 Å². The van der Waals surface area contributed by atoms with E-state index in [0.717, 1.165) is 5.56 Å². The van der Waals surface area contributed by atoms with Crippen LogP contribution in [-0.4, -0.2) is 30.7 Å². The monoisotopic (exact) mass is 548 g/mol. The summed E-state index contributed by atoms with van der Waals surface area (Å²) in [5.41, 5.74) is 2.02. The van der Waals surface area contributed by atoms with Crippen LogP contribution >= 0.6 is 22.9 Å². The minimum atomic E-state index is -0.803. The van der Waals surface area contributed by atoms with E-state index >= 15 is 0 Å². The second kappa shape index (κ2) is 10.3. The number of hydrogen-bond acceptors (Lipinski definition) is 8. The molecule has 1 aliphatic heterocycles. The quantitative estimate of drug-likeness (QED) is 0.348. The van der Waals surface area contributed by atoms with Crippen molar-refractivity contribution in [1.29, 1.82) is 0 Å². The largest absolute Gasteiger partial charge is 0.466 e. The third kappa shape index (κ3) is 4.51. The van der Waals surface area contributed by atoms with E-state index in [9.17, 15) is 14.4 Å². The molecule has 2 aromatic carbocycles. The number of methoxy groups -OCH3 is 2. The minimum Gasteiger partial charge on any atom is -0.466 e. The molecule has 0 bridgehead atoms. The number of ether oxygens (including phenoxy) is 2. The summed E-state index contributed by atoms with van der Waals surface area (Å²) < 4.78 is 17.6. The molecule has 10 heteroatoms. The van der Waals surface area contributed by atoms with Crippen molar-refractivity contribution in [2.75, 3.05) is 14.2 Å². The lowest BCUT2D eigenvalue weighted by Gasteiger charge is -2.24. The standard InChI is InChI=1S/C28H21ClN2O6S/c1-15-23(27(34)36-3)24(16-8-10-17(11-9-16)26(33)35-2)31-25(32)22(38-28(31)30-15)14-18-12-13-21(37-18)19-6-4-5-7-20(19)29/h4-14,24H,1-3H3/b22-14-/t24-/m0/s1. The number of thiazole rings is 1. The van der Waals surface area contributed by atoms with Gasteiger partial charge in [0.2, 0.25) is 0 Å². The second-order valence-corrected chi connectivity index (χ2v) is 9.79. The zero-order valence-corrected chi connectivity index (χ0v) is 22.1. The molecule has 0 radical (unpaired) electrons. The molecule has 3 heterocycles. The van der Waals surface area contributed by atoms with E-state index in [1.165, 1.54) is 30.1 Å². The van der Waals surface area contributed by atoms with Crippen LogP contribution in [0.2, 0.25) is 5.02 Å². The van der Waals surface area contributed by atoms with Gasteiger partial charge in [0.1, 0.15) is 11.5 Å². The molecule has 0 saturated carbocycles. The van der Waals surface area contributed by atoms with Crippen molar-refractivity contribution in [3.63, 3.8) is 0 Å². The Bertz CT molecular complexity index is 1780. The Hall–Kier alpha value is -4.21. The smallest absolute Gasteiger partial charge is 0.338 e. The number of furan rings is 1. The zero-order chi connectivity index (χ0) is 27.0. The van der Waals surface area contributed by atoms with Gasteiger partial charge >= 0.3 is 11.9 Å². The summed E-state index contributed by atoms with van der Waals surface area (Å²) in [5.74, 6) is -0.0527. The fraction of sp³-hybridized carbons (Fsp3) is 0.143. The predicted octanol–water partition coefficient (Wildman–Crippen LogP) is 4.11. The molecule has 0 saturated heterocycles. The molecule has 192 valence electrons. The highest BCUT2D eigenvalue weighted by atomic mass is 35.5. The molecule has 0 N–H and O–H groups in total. The van der Waals surface area contributed by atoms with Gasteiger partial charge in [0.05, 0.1) is 46.7 Å². The lowest BCUT2D eigenvalue weighted by Crippen LogP contribution is -2.39. The number of rotatable bonds is 5. The van der Waals surface area contributed by atoms with Crippen LogP contribution in [-0.2, 0) is 14.3 Å². The van der Waals surface area contributed by atoms with Gasteiger partial charge in [-0.3, -0.25) is 9.36 Å². The van der Waals surface area contributed by atoms with Crippen molar-refractivity contribution < 1.29 is 23.5 Å². The lowest BCUT2D eigenvalue weighted by atomic mass is 9.95. The molecule has 5 rings (SSSR count). The van der Waals surface area contributed by atoms with Gasteiger partial charge in [-0.2, -0.15) is 0 Å². The van der Waals surface area contributed by atoms with Gasteiger partial charge < -0.3 is 13.9 Å². The van der Waals surface area contributed by atoms with Crippen molar-refractivity contribution in [2.45, 2.75) is 13.0 Å². The van der Waals surface area contributed by atoms with Gasteiger partial charge in [-0.1, -0.05) is 47.2 Å². The molecule has 1 atom stereocenters. The fourth-order valence-electron chi connectivity index (χ4n) is 4.29. The predicted molar refractivity (Wildman–Crippen MR) is 143 cm³/mol. The fourth-order valence-corrected chi connectivity index (χ4v) is 5.55. The highest BCUT2D eigenvalue weighted by Gasteiger charge is 2.33. The summed E-state index contributed by atoms with van der Waals surface area (Å²) in [6.07, 6.45) is 1.64. The number of carbonyl (C=O) groups excluding carboxylic acids is 2. The summed E-state index contributed by atoms with van der Waals surface area (Å²) in [6.45, 7) is 1.70. The number of benzene rings is 2. The lowest BCUT2D eigenvalue weighted by molar-refractivity contribution is -0.136. The Morgan fingerprint density at radius 1 is 1.03 bits per heavy atom. The van der Waals surface area contributed by atoms with Crippen molar-refractivity contribution in [2.24, 2.45) is 4.99 Å². The molecule has 0 fully saturated rings. The number of hydrogen-bond donors (Lipinski definition) is 0. The van der Waals surface area contributed by atoms with Gasteiger partial charge in [0.15, 0.2) is 4.80 Å². The van der Waals surface area contributed by atoms with Crippen molar-refractivity contribution >= 4 is 41.0 Å². The first-order chi connectivity index (χ1) is 18.3. The summed E-state index contributed by atoms with van der Waals surface area (Å²) in [4.78, 5) is 43.4. The summed E-state index contributed by atoms with van der Waals surface area (Å²) in [6, 6.07) is 16.6.